The number of hydrogen-bond donors (Lipinski definition) is 1. The van der Waals surface area contributed by atoms with Gasteiger partial charge in [0.1, 0.15) is 5.69 Å². The van der Waals surface area contributed by atoms with E-state index >= 15 is 0 Å². The third kappa shape index (κ3) is 3.31. The predicted octanol–water partition coefficient (Wildman–Crippen LogP) is 1.05. The van der Waals surface area contributed by atoms with Crippen LogP contribution in [0.25, 0.3) is 0 Å². The van der Waals surface area contributed by atoms with Crippen LogP contribution in [0.4, 0.5) is 5.69 Å². The van der Waals surface area contributed by atoms with Crippen molar-refractivity contribution < 1.29 is 14.5 Å². The molecule has 0 aliphatic carbocycles. The van der Waals surface area contributed by atoms with Gasteiger partial charge < -0.3 is 10.4 Å². The van der Waals surface area contributed by atoms with Gasteiger partial charge >= 0.3 is 0 Å². The highest BCUT2D eigenvalue weighted by Crippen LogP contribution is 2.10. The van der Waals surface area contributed by atoms with Crippen LogP contribution in [-0.4, -0.2) is 5.91 Å². The summed E-state index contributed by atoms with van der Waals surface area (Å²) >= 11 is 0. The number of rotatable bonds is 3. The molecule has 0 saturated carbocycles. The summed E-state index contributed by atoms with van der Waals surface area (Å²) in [6, 6.07) is 11.2. The number of carbonyl (C=O) groups is 1. The predicted molar refractivity (Wildman–Crippen MR) is 65.9 cm³/mol. The highest BCUT2D eigenvalue weighted by molar-refractivity contribution is 5.88. The van der Waals surface area contributed by atoms with Crippen molar-refractivity contribution in [3.63, 3.8) is 0 Å². The second-order valence-electron chi connectivity index (χ2n) is 4.10. The van der Waals surface area contributed by atoms with Crippen LogP contribution < -0.4 is 15.0 Å². The molecular weight excluding hydrogens is 228 g/mol. The summed E-state index contributed by atoms with van der Waals surface area (Å²) in [5.74, 6) is -0.316. The number of pyridine rings is 1. The summed E-state index contributed by atoms with van der Waals surface area (Å²) in [6.45, 7) is 2.02. The molecule has 2 aromatic rings. The molecule has 4 nitrogen and oxygen atoms in total. The second-order valence-corrected chi connectivity index (χ2v) is 4.10. The summed E-state index contributed by atoms with van der Waals surface area (Å²) < 4.78 is 1.77. The van der Waals surface area contributed by atoms with Gasteiger partial charge in [-0.15, -0.1) is 0 Å². The van der Waals surface area contributed by atoms with E-state index in [0.29, 0.717) is 12.2 Å². The van der Waals surface area contributed by atoms with Crippen LogP contribution in [0.1, 0.15) is 12.5 Å². The second kappa shape index (κ2) is 5.31. The molecule has 18 heavy (non-hydrogen) atoms. The standard InChI is InChI=1S/C14H14N2O2/c1-11(17)15-13-7-14(18)10-16(9-13)8-12-5-3-2-4-6-12/h2-7,9-10H,8H2,1H3,(H-,15,17,18). The van der Waals surface area contributed by atoms with Crippen LogP contribution in [0.3, 0.4) is 0 Å². The van der Waals surface area contributed by atoms with Crippen molar-refractivity contribution in [2.75, 3.05) is 5.32 Å². The van der Waals surface area contributed by atoms with Gasteiger partial charge in [-0.25, -0.2) is 0 Å². The molecule has 1 amide bonds. The van der Waals surface area contributed by atoms with Gasteiger partial charge in [0.25, 0.3) is 0 Å². The van der Waals surface area contributed by atoms with Crippen molar-refractivity contribution in [1.82, 2.24) is 0 Å². The van der Waals surface area contributed by atoms with Gasteiger partial charge in [0, 0.05) is 12.5 Å². The first-order valence-corrected chi connectivity index (χ1v) is 5.66. The minimum absolute atomic E-state index is 0.128. The van der Waals surface area contributed by atoms with E-state index < -0.39 is 0 Å². The van der Waals surface area contributed by atoms with Crippen LogP contribution in [0.15, 0.2) is 48.8 Å². The van der Waals surface area contributed by atoms with Crippen LogP contribution >= 0.6 is 0 Å². The lowest BCUT2D eigenvalue weighted by Crippen LogP contribution is -2.34. The Morgan fingerprint density at radius 2 is 2.00 bits per heavy atom. The third-order valence-corrected chi connectivity index (χ3v) is 2.42. The fraction of sp³-hybridized carbons (Fsp3) is 0.143. The zero-order chi connectivity index (χ0) is 13.0. The molecule has 1 aromatic heterocycles. The number of aromatic nitrogens is 1. The molecule has 92 valence electrons. The van der Waals surface area contributed by atoms with Gasteiger partial charge in [-0.2, -0.15) is 4.57 Å². The molecule has 0 spiro atoms. The molecule has 2 rings (SSSR count). The number of nitrogens with zero attached hydrogens (tertiary/aromatic N) is 1. The topological polar surface area (TPSA) is 56.0 Å². The molecule has 1 aromatic carbocycles. The van der Waals surface area contributed by atoms with E-state index in [9.17, 15) is 9.90 Å². The molecule has 0 aliphatic heterocycles. The molecule has 0 atom stereocenters. The maximum Gasteiger partial charge on any atom is 0.221 e. The van der Waals surface area contributed by atoms with Crippen LogP contribution in [0.2, 0.25) is 0 Å². The van der Waals surface area contributed by atoms with Crippen molar-refractivity contribution in [1.29, 1.82) is 0 Å². The minimum atomic E-state index is -0.188. The van der Waals surface area contributed by atoms with Gasteiger partial charge in [-0.05, 0) is 11.8 Å². The smallest absolute Gasteiger partial charge is 0.221 e. The summed E-state index contributed by atoms with van der Waals surface area (Å²) in [6.07, 6.45) is 3.26. The lowest BCUT2D eigenvalue weighted by Gasteiger charge is -2.08. The Kier molecular flexibility index (Phi) is 3.57. The quantitative estimate of drug-likeness (QED) is 0.818. The number of carbonyl (C=O) groups excluding carboxylic acids is 1. The first-order valence-electron chi connectivity index (χ1n) is 5.66. The van der Waals surface area contributed by atoms with Gasteiger partial charge in [0.15, 0.2) is 18.9 Å². The SMILES string of the molecule is CC(=O)Nc1cc([O-])c[n+](Cc2ccccc2)c1. The zero-order valence-electron chi connectivity index (χ0n) is 10.1. The van der Waals surface area contributed by atoms with Crippen molar-refractivity contribution in [2.24, 2.45) is 0 Å². The Morgan fingerprint density at radius 1 is 1.28 bits per heavy atom. The maximum atomic E-state index is 11.5. The summed E-state index contributed by atoms with van der Waals surface area (Å²) in [4.78, 5) is 11.0. The van der Waals surface area contributed by atoms with Crippen LogP contribution in [0.5, 0.6) is 5.75 Å². The minimum Gasteiger partial charge on any atom is -0.868 e. The Morgan fingerprint density at radius 3 is 2.67 bits per heavy atom. The molecule has 0 fully saturated rings. The number of nitrogens with one attached hydrogen (secondary N) is 1. The molecule has 0 unspecified atom stereocenters. The number of amides is 1. The summed E-state index contributed by atoms with van der Waals surface area (Å²) in [7, 11) is 0. The fourth-order valence-corrected chi connectivity index (χ4v) is 1.76. The average Bonchev–Trinajstić information content (AvgIpc) is 2.28. The summed E-state index contributed by atoms with van der Waals surface area (Å²) in [5, 5.41) is 14.1. The fourth-order valence-electron chi connectivity index (χ4n) is 1.76. The zero-order valence-corrected chi connectivity index (χ0v) is 10.1. The van der Waals surface area contributed by atoms with E-state index in [1.54, 1.807) is 10.8 Å². The number of hydrogen-bond acceptors (Lipinski definition) is 2. The Hall–Kier alpha value is -2.36. The normalized spacial score (nSPS) is 10.1. The third-order valence-electron chi connectivity index (χ3n) is 2.42. The van der Waals surface area contributed by atoms with Gasteiger partial charge in [-0.3, -0.25) is 4.79 Å². The van der Waals surface area contributed by atoms with E-state index in [0.717, 1.165) is 5.56 Å². The number of anilines is 1. The highest BCUT2D eigenvalue weighted by Gasteiger charge is 2.05. The van der Waals surface area contributed by atoms with E-state index in [-0.39, 0.29) is 11.7 Å². The Balaban J connectivity index is 2.23. The Bertz CT molecular complexity index is 553. The number of benzene rings is 1. The molecule has 1 heterocycles. The highest BCUT2D eigenvalue weighted by atomic mass is 16.3. The average molecular weight is 242 g/mol. The van der Waals surface area contributed by atoms with E-state index in [4.69, 9.17) is 0 Å². The van der Waals surface area contributed by atoms with Gasteiger partial charge in [0.05, 0.1) is 0 Å². The van der Waals surface area contributed by atoms with Crippen molar-refractivity contribution in [3.8, 4) is 5.75 Å². The molecule has 1 N–H and O–H groups in total. The van der Waals surface area contributed by atoms with Crippen molar-refractivity contribution >= 4 is 11.6 Å². The van der Waals surface area contributed by atoms with Gasteiger partial charge in [-0.1, -0.05) is 30.3 Å². The molecule has 0 aliphatic rings. The van der Waals surface area contributed by atoms with Crippen molar-refractivity contribution in [2.45, 2.75) is 13.5 Å². The lowest BCUT2D eigenvalue weighted by atomic mass is 10.2. The molecule has 4 heteroatoms. The largest absolute Gasteiger partial charge is 0.868 e. The van der Waals surface area contributed by atoms with E-state index in [2.05, 4.69) is 5.32 Å². The van der Waals surface area contributed by atoms with Crippen LogP contribution in [0, 0.1) is 0 Å². The molecule has 0 bridgehead atoms. The van der Waals surface area contributed by atoms with Crippen molar-refractivity contribution in [3.05, 3.63) is 54.4 Å². The monoisotopic (exact) mass is 242 g/mol. The van der Waals surface area contributed by atoms with E-state index in [1.807, 2.05) is 30.3 Å². The maximum absolute atomic E-state index is 11.5. The van der Waals surface area contributed by atoms with Gasteiger partial charge in [0.2, 0.25) is 5.91 Å². The first kappa shape index (κ1) is 12.1. The van der Waals surface area contributed by atoms with E-state index in [1.165, 1.54) is 19.2 Å². The molecular formula is C14H14N2O2. The lowest BCUT2D eigenvalue weighted by molar-refractivity contribution is -0.690. The summed E-state index contributed by atoms with van der Waals surface area (Å²) in [5.41, 5.74) is 1.62. The Labute approximate surface area is 106 Å². The van der Waals surface area contributed by atoms with Crippen LogP contribution in [-0.2, 0) is 11.3 Å². The first-order chi connectivity index (χ1) is 8.63. The molecule has 0 radical (unpaired) electrons. The molecule has 0 saturated heterocycles.